The van der Waals surface area contributed by atoms with Crippen molar-refractivity contribution in [3.63, 3.8) is 0 Å². The highest BCUT2D eigenvalue weighted by molar-refractivity contribution is 7.92. The van der Waals surface area contributed by atoms with Crippen LogP contribution in [0.2, 0.25) is 0 Å². The van der Waals surface area contributed by atoms with E-state index in [4.69, 9.17) is 14.2 Å². The molecule has 1 N–H and O–H groups in total. The lowest BCUT2D eigenvalue weighted by atomic mass is 10.2. The number of para-hydroxylation sites is 2. The molecule has 0 saturated heterocycles. The van der Waals surface area contributed by atoms with Crippen LogP contribution in [-0.2, 0) is 16.6 Å². The van der Waals surface area contributed by atoms with Gasteiger partial charge in [0.2, 0.25) is 0 Å². The lowest BCUT2D eigenvalue weighted by Gasteiger charge is -2.26. The summed E-state index contributed by atoms with van der Waals surface area (Å²) in [5.41, 5.74) is 1.13. The fourth-order valence-electron chi connectivity index (χ4n) is 3.20. The summed E-state index contributed by atoms with van der Waals surface area (Å²) in [7, 11) is -3.74. The molecule has 1 atom stereocenters. The fraction of sp³-hybridized carbons (Fsp3) is 0.286. The van der Waals surface area contributed by atoms with Gasteiger partial charge in [0.25, 0.3) is 10.0 Å². The molecule has 2 aromatic carbocycles. The smallest absolute Gasteiger partial charge is 0.262 e. The first-order valence-corrected chi connectivity index (χ1v) is 11.1. The lowest BCUT2D eigenvalue weighted by Crippen LogP contribution is -2.33. The van der Waals surface area contributed by atoms with Gasteiger partial charge in [0.15, 0.2) is 17.6 Å². The van der Waals surface area contributed by atoms with Crippen molar-refractivity contribution in [2.45, 2.75) is 31.4 Å². The van der Waals surface area contributed by atoms with Crippen molar-refractivity contribution in [1.82, 2.24) is 9.78 Å². The van der Waals surface area contributed by atoms with Gasteiger partial charge in [-0.15, -0.1) is 0 Å². The molecular formula is C21H23N3O5S. The number of fused-ring (bicyclic) bond motifs is 1. The van der Waals surface area contributed by atoms with E-state index in [-0.39, 0.29) is 11.0 Å². The number of ether oxygens (including phenoxy) is 3. The minimum absolute atomic E-state index is 0.164. The Labute approximate surface area is 175 Å². The van der Waals surface area contributed by atoms with E-state index >= 15 is 0 Å². The maximum atomic E-state index is 12.7. The standard InChI is InChI=1S/C21H23N3O5S/c1-3-27-19-9-8-18(10-15(19)2)30(25,26)23-16-11-22-24(12-16)13-17-14-28-20-6-4-5-7-21(20)29-17/h4-12,17,23H,3,13-14H2,1-2H3. The third kappa shape index (κ3) is 4.35. The molecule has 0 bridgehead atoms. The zero-order valence-electron chi connectivity index (χ0n) is 16.7. The molecule has 0 radical (unpaired) electrons. The molecule has 0 amide bonds. The van der Waals surface area contributed by atoms with Crippen molar-refractivity contribution < 1.29 is 22.6 Å². The minimum Gasteiger partial charge on any atom is -0.494 e. The number of hydrogen-bond acceptors (Lipinski definition) is 6. The first-order chi connectivity index (χ1) is 14.4. The van der Waals surface area contributed by atoms with E-state index in [1.807, 2.05) is 38.1 Å². The number of rotatable bonds is 7. The Kier molecular flexibility index (Phi) is 5.54. The summed E-state index contributed by atoms with van der Waals surface area (Å²) in [5.74, 6) is 2.07. The molecule has 4 rings (SSSR count). The number of aromatic nitrogens is 2. The predicted octanol–water partition coefficient (Wildman–Crippen LogP) is 3.23. The SMILES string of the molecule is CCOc1ccc(S(=O)(=O)Nc2cnn(CC3COc4ccccc4O3)c2)cc1C. The monoisotopic (exact) mass is 429 g/mol. The van der Waals surface area contributed by atoms with Gasteiger partial charge in [-0.3, -0.25) is 9.40 Å². The van der Waals surface area contributed by atoms with Crippen molar-refractivity contribution in [2.24, 2.45) is 0 Å². The van der Waals surface area contributed by atoms with Gasteiger partial charge in [0, 0.05) is 6.20 Å². The second-order valence-corrected chi connectivity index (χ2v) is 8.60. The number of sulfonamides is 1. The molecule has 30 heavy (non-hydrogen) atoms. The van der Waals surface area contributed by atoms with Crippen molar-refractivity contribution in [1.29, 1.82) is 0 Å². The quantitative estimate of drug-likeness (QED) is 0.620. The Morgan fingerprint density at radius 3 is 2.80 bits per heavy atom. The molecule has 0 fully saturated rings. The molecule has 8 nitrogen and oxygen atoms in total. The summed E-state index contributed by atoms with van der Waals surface area (Å²) in [5, 5.41) is 4.23. The van der Waals surface area contributed by atoms with Crippen LogP contribution in [0.25, 0.3) is 0 Å². The minimum atomic E-state index is -3.74. The highest BCUT2D eigenvalue weighted by atomic mass is 32.2. The van der Waals surface area contributed by atoms with Crippen LogP contribution in [0.1, 0.15) is 12.5 Å². The number of benzene rings is 2. The molecule has 0 spiro atoms. The molecule has 158 valence electrons. The van der Waals surface area contributed by atoms with E-state index in [1.165, 1.54) is 12.3 Å². The average molecular weight is 429 g/mol. The van der Waals surface area contributed by atoms with Crippen LogP contribution in [0.4, 0.5) is 5.69 Å². The first kappa shape index (κ1) is 20.1. The topological polar surface area (TPSA) is 91.7 Å². The molecule has 1 aliphatic rings. The van der Waals surface area contributed by atoms with Gasteiger partial charge >= 0.3 is 0 Å². The Morgan fingerprint density at radius 2 is 2.03 bits per heavy atom. The van der Waals surface area contributed by atoms with Crippen LogP contribution in [-0.4, -0.2) is 37.5 Å². The fourth-order valence-corrected chi connectivity index (χ4v) is 4.31. The molecular weight excluding hydrogens is 406 g/mol. The van der Waals surface area contributed by atoms with Crippen LogP contribution in [0.5, 0.6) is 17.2 Å². The average Bonchev–Trinajstić information content (AvgIpc) is 3.15. The van der Waals surface area contributed by atoms with Crippen molar-refractivity contribution in [3.05, 3.63) is 60.4 Å². The van der Waals surface area contributed by atoms with Crippen molar-refractivity contribution >= 4 is 15.7 Å². The first-order valence-electron chi connectivity index (χ1n) is 9.62. The summed E-state index contributed by atoms with van der Waals surface area (Å²) < 4.78 is 46.7. The summed E-state index contributed by atoms with van der Waals surface area (Å²) in [6.45, 7) is 5.03. The van der Waals surface area contributed by atoms with Gasteiger partial charge in [0.1, 0.15) is 12.4 Å². The molecule has 1 aromatic heterocycles. The lowest BCUT2D eigenvalue weighted by molar-refractivity contribution is 0.0759. The summed E-state index contributed by atoms with van der Waals surface area (Å²) >= 11 is 0. The molecule has 3 aromatic rings. The van der Waals surface area contributed by atoms with E-state index in [2.05, 4.69) is 9.82 Å². The number of anilines is 1. The van der Waals surface area contributed by atoms with E-state index in [1.54, 1.807) is 23.0 Å². The highest BCUT2D eigenvalue weighted by Crippen LogP contribution is 2.31. The van der Waals surface area contributed by atoms with Crippen LogP contribution in [0.15, 0.2) is 59.8 Å². The van der Waals surface area contributed by atoms with E-state index < -0.39 is 10.0 Å². The highest BCUT2D eigenvalue weighted by Gasteiger charge is 2.22. The van der Waals surface area contributed by atoms with Gasteiger partial charge < -0.3 is 14.2 Å². The second-order valence-electron chi connectivity index (χ2n) is 6.91. The van der Waals surface area contributed by atoms with E-state index in [0.29, 0.717) is 42.7 Å². The van der Waals surface area contributed by atoms with Crippen LogP contribution in [0, 0.1) is 6.92 Å². The van der Waals surface area contributed by atoms with Gasteiger partial charge in [-0.2, -0.15) is 5.10 Å². The van der Waals surface area contributed by atoms with Crippen molar-refractivity contribution in [2.75, 3.05) is 17.9 Å². The molecule has 2 heterocycles. The number of nitrogens with zero attached hydrogens (tertiary/aromatic N) is 2. The van der Waals surface area contributed by atoms with Crippen LogP contribution >= 0.6 is 0 Å². The normalized spacial score (nSPS) is 15.6. The third-order valence-corrected chi connectivity index (χ3v) is 5.98. The molecule has 1 aliphatic heterocycles. The Hall–Kier alpha value is -3.20. The molecule has 0 aliphatic carbocycles. The third-order valence-electron chi connectivity index (χ3n) is 4.60. The molecule has 9 heteroatoms. The maximum absolute atomic E-state index is 12.7. The number of hydrogen-bond donors (Lipinski definition) is 1. The van der Waals surface area contributed by atoms with Gasteiger partial charge in [0.05, 0.1) is 29.9 Å². The summed E-state index contributed by atoms with van der Waals surface area (Å²) in [6.07, 6.45) is 2.87. The number of nitrogens with one attached hydrogen (secondary N) is 1. The van der Waals surface area contributed by atoms with Crippen LogP contribution in [0.3, 0.4) is 0 Å². The molecule has 1 unspecified atom stereocenters. The summed E-state index contributed by atoms with van der Waals surface area (Å²) in [6, 6.07) is 12.2. The van der Waals surface area contributed by atoms with E-state index in [9.17, 15) is 8.42 Å². The Bertz CT molecular complexity index is 1140. The predicted molar refractivity (Wildman–Crippen MR) is 112 cm³/mol. The second kappa shape index (κ2) is 8.27. The Balaban J connectivity index is 1.42. The van der Waals surface area contributed by atoms with Gasteiger partial charge in [-0.25, -0.2) is 8.42 Å². The Morgan fingerprint density at radius 1 is 1.23 bits per heavy atom. The van der Waals surface area contributed by atoms with Crippen LogP contribution < -0.4 is 18.9 Å². The number of aryl methyl sites for hydroxylation is 1. The molecule has 0 saturated carbocycles. The maximum Gasteiger partial charge on any atom is 0.262 e. The van der Waals surface area contributed by atoms with E-state index in [0.717, 1.165) is 5.56 Å². The zero-order valence-corrected chi connectivity index (χ0v) is 17.6. The van der Waals surface area contributed by atoms with Gasteiger partial charge in [-0.1, -0.05) is 12.1 Å². The van der Waals surface area contributed by atoms with Gasteiger partial charge in [-0.05, 0) is 49.7 Å². The summed E-state index contributed by atoms with van der Waals surface area (Å²) in [4.78, 5) is 0.164. The largest absolute Gasteiger partial charge is 0.494 e. The zero-order chi connectivity index (χ0) is 21.1. The van der Waals surface area contributed by atoms with Crippen molar-refractivity contribution in [3.8, 4) is 17.2 Å².